The number of amides is 1. The second kappa shape index (κ2) is 18.8. The third-order valence-electron chi connectivity index (χ3n) is 3.52. The second-order valence-electron chi connectivity index (χ2n) is 5.47. The van der Waals surface area contributed by atoms with E-state index < -0.39 is 30.7 Å². The molecular weight excluding hydrogens is 426 g/mol. The van der Waals surface area contributed by atoms with Gasteiger partial charge in [-0.25, -0.2) is 13.2 Å². The first-order valence-corrected chi connectivity index (χ1v) is 10.2. The highest BCUT2D eigenvalue weighted by Crippen LogP contribution is 2.36. The van der Waals surface area contributed by atoms with Gasteiger partial charge in [0.25, 0.3) is 12.3 Å². The summed E-state index contributed by atoms with van der Waals surface area (Å²) >= 11 is 0. The second-order valence-corrected chi connectivity index (χ2v) is 5.47. The van der Waals surface area contributed by atoms with E-state index in [9.17, 15) is 31.1 Å². The number of carbonyl (C=O) groups is 1. The molecule has 0 radical (unpaired) electrons. The number of halogens is 6. The maximum absolute atomic E-state index is 13.0. The highest BCUT2D eigenvalue weighted by molar-refractivity contribution is 6.01. The van der Waals surface area contributed by atoms with Crippen LogP contribution in [0.1, 0.15) is 62.5 Å². The maximum atomic E-state index is 13.0. The van der Waals surface area contributed by atoms with Gasteiger partial charge in [-0.15, -0.1) is 0 Å². The minimum absolute atomic E-state index is 0.000718. The van der Waals surface area contributed by atoms with Gasteiger partial charge < -0.3 is 15.3 Å². The molecule has 0 heterocycles. The molecule has 10 heteroatoms. The number of hydrogen-bond donors (Lipinski definition) is 2. The number of nitrogens with zero attached hydrogens (tertiary/aromatic N) is 1. The van der Waals surface area contributed by atoms with Crippen LogP contribution in [-0.2, 0) is 6.18 Å². The normalized spacial score (nSPS) is 10.0. The molecule has 1 amide bonds. The topological polar surface area (TPSA) is 52.6 Å². The lowest BCUT2D eigenvalue weighted by Crippen LogP contribution is -2.31. The van der Waals surface area contributed by atoms with E-state index in [1.165, 1.54) is 20.0 Å². The van der Waals surface area contributed by atoms with Crippen LogP contribution in [0.2, 0.25) is 0 Å². The Balaban J connectivity index is -0.000000747. The number of aliphatic hydroxyl groups excluding tert-OH is 1. The van der Waals surface area contributed by atoms with Crippen molar-refractivity contribution in [2.45, 2.75) is 60.6 Å². The summed E-state index contributed by atoms with van der Waals surface area (Å²) in [7, 11) is 1.38. The first kappa shape index (κ1) is 33.7. The van der Waals surface area contributed by atoms with Crippen molar-refractivity contribution in [1.29, 1.82) is 0 Å². The number of alkyl halides is 6. The fraction of sp³-hybridized carbons (Fsp3) is 0.667. The molecule has 0 atom stereocenters. The molecule has 0 fully saturated rings. The van der Waals surface area contributed by atoms with Gasteiger partial charge in [0.1, 0.15) is 0 Å². The van der Waals surface area contributed by atoms with Crippen LogP contribution in [0.3, 0.4) is 0 Å². The summed E-state index contributed by atoms with van der Waals surface area (Å²) in [6, 6.07) is 2.28. The molecule has 0 saturated carbocycles. The van der Waals surface area contributed by atoms with Crippen LogP contribution in [0.5, 0.6) is 0 Å². The van der Waals surface area contributed by atoms with Gasteiger partial charge in [-0.3, -0.25) is 4.79 Å². The minimum atomic E-state index is -4.52. The Morgan fingerprint density at radius 3 is 1.94 bits per heavy atom. The zero-order chi connectivity index (χ0) is 25.2. The Morgan fingerprint density at radius 1 is 1.13 bits per heavy atom. The third-order valence-corrected chi connectivity index (χ3v) is 3.52. The van der Waals surface area contributed by atoms with Crippen molar-refractivity contribution in [3.8, 4) is 0 Å². The van der Waals surface area contributed by atoms with Crippen molar-refractivity contribution in [3.05, 3.63) is 28.8 Å². The standard InChI is InChI=1S/C15H21F3N2O2.C2H3F3.2C2H6/c1-4-7-20(8-9-21)12-6-5-11(15(16,17)18)10(2)13(12)14(22)19-3;3-1-2(4)5;2*1-2/h5-6,21H,4,7-9H2,1-3H3,(H,19,22);2H,1H2;2*1-2H3. The van der Waals surface area contributed by atoms with E-state index in [0.29, 0.717) is 12.2 Å². The number of anilines is 1. The fourth-order valence-corrected chi connectivity index (χ4v) is 2.42. The Bertz CT molecular complexity index is 590. The van der Waals surface area contributed by atoms with Gasteiger partial charge in [0.15, 0.2) is 6.67 Å². The quantitative estimate of drug-likeness (QED) is 0.500. The molecular formula is C21H36F6N2O2. The SMILES string of the molecule is CC.CC.CCCN(CCO)c1ccc(C(F)(F)F)c(C)c1C(=O)NC.FCC(F)F. The van der Waals surface area contributed by atoms with Gasteiger partial charge in [-0.1, -0.05) is 34.6 Å². The van der Waals surface area contributed by atoms with Crippen molar-refractivity contribution in [3.63, 3.8) is 0 Å². The van der Waals surface area contributed by atoms with E-state index >= 15 is 0 Å². The van der Waals surface area contributed by atoms with Crippen molar-refractivity contribution >= 4 is 11.6 Å². The molecule has 1 aromatic carbocycles. The molecule has 0 spiro atoms. The molecule has 0 aliphatic rings. The van der Waals surface area contributed by atoms with Crippen LogP contribution < -0.4 is 10.2 Å². The average Bonchev–Trinajstić information content (AvgIpc) is 2.75. The Labute approximate surface area is 181 Å². The zero-order valence-corrected chi connectivity index (χ0v) is 19.3. The molecule has 1 aromatic rings. The smallest absolute Gasteiger partial charge is 0.395 e. The zero-order valence-electron chi connectivity index (χ0n) is 19.3. The molecule has 0 aliphatic heterocycles. The van der Waals surface area contributed by atoms with Crippen molar-refractivity contribution < 1.29 is 36.2 Å². The molecule has 0 bridgehead atoms. The highest BCUT2D eigenvalue weighted by atomic mass is 19.4. The van der Waals surface area contributed by atoms with Crippen molar-refractivity contribution in [2.24, 2.45) is 0 Å². The molecule has 0 aromatic heterocycles. The van der Waals surface area contributed by atoms with Crippen molar-refractivity contribution in [1.82, 2.24) is 5.32 Å². The molecule has 0 aliphatic carbocycles. The highest BCUT2D eigenvalue weighted by Gasteiger charge is 2.35. The van der Waals surface area contributed by atoms with Gasteiger partial charge in [0.2, 0.25) is 0 Å². The molecule has 2 N–H and O–H groups in total. The Kier molecular flexibility index (Phi) is 20.4. The van der Waals surface area contributed by atoms with Crippen LogP contribution in [0.4, 0.5) is 32.0 Å². The maximum Gasteiger partial charge on any atom is 0.416 e. The number of nitrogens with one attached hydrogen (secondary N) is 1. The van der Waals surface area contributed by atoms with E-state index in [0.717, 1.165) is 12.5 Å². The Hall–Kier alpha value is -1.97. The summed E-state index contributed by atoms with van der Waals surface area (Å²) in [6.45, 7) is 10.3. The first-order chi connectivity index (χ1) is 14.5. The lowest BCUT2D eigenvalue weighted by atomic mass is 9.98. The van der Waals surface area contributed by atoms with Crippen molar-refractivity contribution in [2.75, 3.05) is 38.3 Å². The minimum Gasteiger partial charge on any atom is -0.395 e. The van der Waals surface area contributed by atoms with E-state index in [2.05, 4.69) is 5.32 Å². The number of benzene rings is 1. The third kappa shape index (κ3) is 12.5. The average molecular weight is 463 g/mol. The number of rotatable bonds is 7. The summed E-state index contributed by atoms with van der Waals surface area (Å²) in [5.74, 6) is -0.572. The van der Waals surface area contributed by atoms with Crippen LogP contribution in [0, 0.1) is 6.92 Å². The van der Waals surface area contributed by atoms with E-state index in [1.807, 2.05) is 34.6 Å². The summed E-state index contributed by atoms with van der Waals surface area (Å²) < 4.78 is 70.3. The molecule has 184 valence electrons. The van der Waals surface area contributed by atoms with Gasteiger partial charge in [-0.2, -0.15) is 13.2 Å². The van der Waals surface area contributed by atoms with Crippen LogP contribution >= 0.6 is 0 Å². The largest absolute Gasteiger partial charge is 0.416 e. The van der Waals surface area contributed by atoms with Gasteiger partial charge in [0, 0.05) is 25.8 Å². The molecule has 1 rings (SSSR count). The van der Waals surface area contributed by atoms with Gasteiger partial charge in [-0.05, 0) is 31.0 Å². The predicted octanol–water partition coefficient (Wildman–Crippen LogP) is 5.86. The summed E-state index contributed by atoms with van der Waals surface area (Å²) in [5.41, 5.74) is -0.529. The predicted molar refractivity (Wildman–Crippen MR) is 114 cm³/mol. The summed E-state index contributed by atoms with van der Waals surface area (Å²) in [6.07, 6.45) is -6.56. The lowest BCUT2D eigenvalue weighted by molar-refractivity contribution is -0.138. The van der Waals surface area contributed by atoms with E-state index in [1.54, 1.807) is 4.90 Å². The number of hydrogen-bond acceptors (Lipinski definition) is 3. The lowest BCUT2D eigenvalue weighted by Gasteiger charge is -2.27. The van der Waals surface area contributed by atoms with Crippen LogP contribution in [0.25, 0.3) is 0 Å². The molecule has 0 unspecified atom stereocenters. The van der Waals surface area contributed by atoms with Gasteiger partial charge in [0.05, 0.1) is 17.7 Å². The van der Waals surface area contributed by atoms with Gasteiger partial charge >= 0.3 is 6.18 Å². The summed E-state index contributed by atoms with van der Waals surface area (Å²) in [5, 5.41) is 11.5. The first-order valence-electron chi connectivity index (χ1n) is 10.2. The molecule has 0 saturated heterocycles. The molecule has 4 nitrogen and oxygen atoms in total. The van der Waals surface area contributed by atoms with Crippen LogP contribution in [-0.4, -0.2) is 50.9 Å². The number of aliphatic hydroxyl groups is 1. The van der Waals surface area contributed by atoms with E-state index in [4.69, 9.17) is 5.11 Å². The fourth-order valence-electron chi connectivity index (χ4n) is 2.42. The molecule has 31 heavy (non-hydrogen) atoms. The van der Waals surface area contributed by atoms with E-state index in [-0.39, 0.29) is 24.3 Å². The summed E-state index contributed by atoms with van der Waals surface area (Å²) in [4.78, 5) is 13.8. The van der Waals surface area contributed by atoms with Crippen LogP contribution in [0.15, 0.2) is 12.1 Å². The monoisotopic (exact) mass is 462 g/mol. The Morgan fingerprint density at radius 2 is 1.61 bits per heavy atom. The number of carbonyl (C=O) groups excluding carboxylic acids is 1.